The molecule has 0 spiro atoms. The summed E-state index contributed by atoms with van der Waals surface area (Å²) < 4.78 is 5.93. The third-order valence-corrected chi connectivity index (χ3v) is 12.4. The van der Waals surface area contributed by atoms with E-state index < -0.39 is 18.2 Å². The van der Waals surface area contributed by atoms with Gasteiger partial charge in [-0.3, -0.25) is 9.59 Å². The molecule has 0 fully saturated rings. The van der Waals surface area contributed by atoms with Crippen LogP contribution in [0.25, 0.3) is 0 Å². The minimum absolute atomic E-state index is 0.0477. The number of amides is 1. The normalized spacial score (nSPS) is 13.6. The van der Waals surface area contributed by atoms with E-state index in [1.54, 1.807) is 0 Å². The Bertz CT molecular complexity index is 1140. The second-order valence-electron chi connectivity index (χ2n) is 18.7. The number of aliphatic hydroxyl groups excluding tert-OH is 2. The Morgan fingerprint density at radius 1 is 0.469 bits per heavy atom. The fraction of sp³-hybridized carbons (Fsp3) is 0.793. The predicted octanol–water partition coefficient (Wildman–Crippen LogP) is 16.8. The molecule has 0 aliphatic heterocycles. The van der Waals surface area contributed by atoms with Crippen LogP contribution in [0.5, 0.6) is 0 Å². The van der Waals surface area contributed by atoms with Gasteiger partial charge in [0.2, 0.25) is 5.91 Å². The van der Waals surface area contributed by atoms with Crippen LogP contribution in [0.3, 0.4) is 0 Å². The largest absolute Gasteiger partial charge is 0.462 e. The quantitative estimate of drug-likeness (QED) is 0.0245. The first kappa shape index (κ1) is 61.6. The monoisotopic (exact) mass is 896 g/mol. The number of rotatable bonds is 49. The Labute approximate surface area is 397 Å². The summed E-state index contributed by atoms with van der Waals surface area (Å²) in [5.74, 6) is -0.518. The van der Waals surface area contributed by atoms with Crippen LogP contribution in [-0.4, -0.2) is 46.9 Å². The molecule has 3 N–H and O–H groups in total. The van der Waals surface area contributed by atoms with Crippen molar-refractivity contribution in [3.05, 3.63) is 60.8 Å². The minimum Gasteiger partial charge on any atom is -0.462 e. The molecule has 64 heavy (non-hydrogen) atoms. The van der Waals surface area contributed by atoms with Crippen LogP contribution in [-0.2, 0) is 14.3 Å². The van der Waals surface area contributed by atoms with Gasteiger partial charge in [0.05, 0.1) is 25.2 Å². The Morgan fingerprint density at radius 3 is 1.34 bits per heavy atom. The molecule has 0 aromatic heterocycles. The lowest BCUT2D eigenvalue weighted by atomic mass is 10.0. The van der Waals surface area contributed by atoms with Crippen molar-refractivity contribution in [3.63, 3.8) is 0 Å². The standard InChI is InChI=1S/C58H105NO5/c1-4-7-10-13-16-19-22-25-27-28-29-30-33-36-39-42-45-48-51-58(63)64-54(49-46-43-40-37-34-31-24-21-18-15-12-9-6-3)52-57(62)59-55(53-60)56(61)50-47-44-41-38-35-32-26-23-20-17-14-11-8-5-2/h9,12,15,18,21,24,29-31,34,54-56,60-61H,4-8,10-11,13-14,16-17,19-20,22-23,25-28,32-33,35-53H2,1-3H3,(H,59,62)/b12-9+,18-15+,24-21+,30-29+,34-31-. The van der Waals surface area contributed by atoms with E-state index in [1.165, 1.54) is 148 Å². The van der Waals surface area contributed by atoms with E-state index in [-0.39, 0.29) is 24.9 Å². The van der Waals surface area contributed by atoms with E-state index in [2.05, 4.69) is 62.5 Å². The zero-order valence-electron chi connectivity index (χ0n) is 42.4. The van der Waals surface area contributed by atoms with Crippen molar-refractivity contribution in [2.45, 2.75) is 289 Å². The molecule has 0 heterocycles. The third-order valence-electron chi connectivity index (χ3n) is 12.4. The molecule has 6 nitrogen and oxygen atoms in total. The van der Waals surface area contributed by atoms with Crippen molar-refractivity contribution in [2.24, 2.45) is 0 Å². The highest BCUT2D eigenvalue weighted by Gasteiger charge is 2.24. The van der Waals surface area contributed by atoms with Gasteiger partial charge in [-0.1, -0.05) is 248 Å². The molecule has 372 valence electrons. The summed E-state index contributed by atoms with van der Waals surface area (Å²) in [7, 11) is 0. The van der Waals surface area contributed by atoms with Crippen molar-refractivity contribution < 1.29 is 24.5 Å². The van der Waals surface area contributed by atoms with E-state index in [0.717, 1.165) is 77.0 Å². The zero-order valence-corrected chi connectivity index (χ0v) is 42.4. The van der Waals surface area contributed by atoms with Crippen molar-refractivity contribution in [2.75, 3.05) is 6.61 Å². The Balaban J connectivity index is 4.58. The lowest BCUT2D eigenvalue weighted by Crippen LogP contribution is -2.46. The molecule has 0 aromatic carbocycles. The van der Waals surface area contributed by atoms with Crippen LogP contribution < -0.4 is 5.32 Å². The first-order valence-electron chi connectivity index (χ1n) is 27.6. The lowest BCUT2D eigenvalue weighted by molar-refractivity contribution is -0.151. The SMILES string of the molecule is CC/C=C/C=C/C=C/C=C\CCCCCC(CC(=O)NC(CO)C(O)CCCCCCCCCCCCCCCC)OC(=O)CCCCCCC/C=C/CCCCCCCCCCC. The van der Waals surface area contributed by atoms with Crippen LogP contribution >= 0.6 is 0 Å². The number of aliphatic hydroxyl groups is 2. The fourth-order valence-corrected chi connectivity index (χ4v) is 8.26. The van der Waals surface area contributed by atoms with Crippen LogP contribution in [0.4, 0.5) is 0 Å². The van der Waals surface area contributed by atoms with Crippen molar-refractivity contribution >= 4 is 11.9 Å². The van der Waals surface area contributed by atoms with Gasteiger partial charge in [-0.15, -0.1) is 0 Å². The maximum Gasteiger partial charge on any atom is 0.306 e. The molecule has 3 atom stereocenters. The second kappa shape index (κ2) is 51.5. The first-order valence-corrected chi connectivity index (χ1v) is 27.6. The molecule has 0 saturated heterocycles. The third kappa shape index (κ3) is 46.1. The van der Waals surface area contributed by atoms with Gasteiger partial charge in [0.15, 0.2) is 0 Å². The molecule has 0 bridgehead atoms. The van der Waals surface area contributed by atoms with Gasteiger partial charge in [-0.25, -0.2) is 0 Å². The van der Waals surface area contributed by atoms with E-state index in [0.29, 0.717) is 19.3 Å². The molecule has 0 aliphatic rings. The summed E-state index contributed by atoms with van der Waals surface area (Å²) in [6, 6.07) is -0.717. The highest BCUT2D eigenvalue weighted by Crippen LogP contribution is 2.18. The van der Waals surface area contributed by atoms with Gasteiger partial charge in [0.25, 0.3) is 0 Å². The average molecular weight is 896 g/mol. The number of nitrogens with one attached hydrogen (secondary N) is 1. The molecule has 1 amide bonds. The maximum absolute atomic E-state index is 13.2. The highest BCUT2D eigenvalue weighted by atomic mass is 16.5. The molecule has 0 rings (SSSR count). The second-order valence-corrected chi connectivity index (χ2v) is 18.7. The summed E-state index contributed by atoms with van der Waals surface area (Å²) in [6.45, 7) is 6.35. The lowest BCUT2D eigenvalue weighted by Gasteiger charge is -2.24. The Morgan fingerprint density at radius 2 is 0.859 bits per heavy atom. The highest BCUT2D eigenvalue weighted by molar-refractivity contribution is 5.77. The molecule has 0 aliphatic carbocycles. The summed E-state index contributed by atoms with van der Waals surface area (Å²) in [4.78, 5) is 26.2. The Kier molecular flexibility index (Phi) is 49.6. The summed E-state index contributed by atoms with van der Waals surface area (Å²) >= 11 is 0. The number of carbonyl (C=O) groups excluding carboxylic acids is 2. The molecule has 0 aromatic rings. The predicted molar refractivity (Wildman–Crippen MR) is 278 cm³/mol. The van der Waals surface area contributed by atoms with Gasteiger partial charge in [-0.2, -0.15) is 0 Å². The molecule has 0 saturated carbocycles. The van der Waals surface area contributed by atoms with Crippen LogP contribution in [0, 0.1) is 0 Å². The number of allylic oxidation sites excluding steroid dienone is 10. The van der Waals surface area contributed by atoms with Crippen LogP contribution in [0.1, 0.15) is 271 Å². The van der Waals surface area contributed by atoms with Crippen molar-refractivity contribution in [3.8, 4) is 0 Å². The number of esters is 1. The number of carbonyl (C=O) groups is 2. The molecule has 3 unspecified atom stereocenters. The van der Waals surface area contributed by atoms with Crippen LogP contribution in [0.2, 0.25) is 0 Å². The summed E-state index contributed by atoms with van der Waals surface area (Å²) in [6.07, 6.45) is 64.3. The molecule has 0 radical (unpaired) electrons. The number of hydrogen-bond acceptors (Lipinski definition) is 5. The first-order chi connectivity index (χ1) is 31.5. The van der Waals surface area contributed by atoms with Crippen LogP contribution in [0.15, 0.2) is 60.8 Å². The van der Waals surface area contributed by atoms with E-state index in [1.807, 2.05) is 24.3 Å². The Hall–Kier alpha value is -2.44. The smallest absolute Gasteiger partial charge is 0.306 e. The molecular formula is C58H105NO5. The average Bonchev–Trinajstić information content (AvgIpc) is 3.29. The van der Waals surface area contributed by atoms with E-state index in [9.17, 15) is 19.8 Å². The van der Waals surface area contributed by atoms with Gasteiger partial charge >= 0.3 is 5.97 Å². The minimum atomic E-state index is -0.801. The molecule has 6 heteroatoms. The zero-order chi connectivity index (χ0) is 46.7. The number of ether oxygens (including phenoxy) is 1. The van der Waals surface area contributed by atoms with E-state index >= 15 is 0 Å². The maximum atomic E-state index is 13.2. The summed E-state index contributed by atoms with van der Waals surface area (Å²) in [5.41, 5.74) is 0. The van der Waals surface area contributed by atoms with Crippen molar-refractivity contribution in [1.29, 1.82) is 0 Å². The number of hydrogen-bond donors (Lipinski definition) is 3. The van der Waals surface area contributed by atoms with Gasteiger partial charge in [0.1, 0.15) is 6.10 Å². The number of unbranched alkanes of at least 4 members (excludes halogenated alkanes) is 30. The topological polar surface area (TPSA) is 95.9 Å². The van der Waals surface area contributed by atoms with Crippen molar-refractivity contribution in [1.82, 2.24) is 5.32 Å². The van der Waals surface area contributed by atoms with Gasteiger partial charge in [0, 0.05) is 6.42 Å². The summed E-state index contributed by atoms with van der Waals surface area (Å²) in [5, 5.41) is 23.8. The van der Waals surface area contributed by atoms with E-state index in [4.69, 9.17) is 4.74 Å². The van der Waals surface area contributed by atoms with Gasteiger partial charge < -0.3 is 20.3 Å². The fourth-order valence-electron chi connectivity index (χ4n) is 8.26. The van der Waals surface area contributed by atoms with Gasteiger partial charge in [-0.05, 0) is 70.6 Å². The molecular weight excluding hydrogens is 791 g/mol.